The minimum Gasteiger partial charge on any atom is -0.383 e. The van der Waals surface area contributed by atoms with E-state index in [-0.39, 0.29) is 5.41 Å². The van der Waals surface area contributed by atoms with Gasteiger partial charge in [-0.25, -0.2) is 0 Å². The molecule has 0 radical (unpaired) electrons. The predicted octanol–water partition coefficient (Wildman–Crippen LogP) is 4.55. The molecule has 1 atom stereocenters. The van der Waals surface area contributed by atoms with Crippen LogP contribution in [0.2, 0.25) is 5.02 Å². The van der Waals surface area contributed by atoms with Crippen LogP contribution in [0.5, 0.6) is 0 Å². The second-order valence-corrected chi connectivity index (χ2v) is 7.19. The van der Waals surface area contributed by atoms with E-state index >= 15 is 0 Å². The van der Waals surface area contributed by atoms with Gasteiger partial charge >= 0.3 is 0 Å². The van der Waals surface area contributed by atoms with Crippen molar-refractivity contribution in [2.24, 2.45) is 18.4 Å². The molecule has 4 heteroatoms. The SMILES string of the molecule is CC(Cc1nn(C)c(N)c1-c1ccccc1Cl)C(C)(C)C. The van der Waals surface area contributed by atoms with Crippen LogP contribution in [-0.4, -0.2) is 9.78 Å². The minimum absolute atomic E-state index is 0.226. The van der Waals surface area contributed by atoms with Crippen molar-refractivity contribution >= 4 is 17.4 Å². The molecule has 2 rings (SSSR count). The zero-order valence-electron chi connectivity index (χ0n) is 13.4. The van der Waals surface area contributed by atoms with E-state index in [2.05, 4.69) is 32.8 Å². The molecule has 0 saturated carbocycles. The summed E-state index contributed by atoms with van der Waals surface area (Å²) in [5, 5.41) is 5.32. The van der Waals surface area contributed by atoms with Crippen molar-refractivity contribution in [1.29, 1.82) is 0 Å². The van der Waals surface area contributed by atoms with E-state index in [1.165, 1.54) is 0 Å². The van der Waals surface area contributed by atoms with Crippen LogP contribution in [0, 0.1) is 11.3 Å². The molecule has 21 heavy (non-hydrogen) atoms. The molecule has 1 aromatic heterocycles. The Kier molecular flexibility index (Phi) is 4.33. The van der Waals surface area contributed by atoms with Gasteiger partial charge in [0.2, 0.25) is 0 Å². The lowest BCUT2D eigenvalue weighted by Crippen LogP contribution is -2.20. The summed E-state index contributed by atoms with van der Waals surface area (Å²) in [6, 6.07) is 7.79. The van der Waals surface area contributed by atoms with Crippen molar-refractivity contribution in [3.05, 3.63) is 35.0 Å². The lowest BCUT2D eigenvalue weighted by molar-refractivity contribution is 0.258. The van der Waals surface area contributed by atoms with E-state index in [9.17, 15) is 0 Å². The van der Waals surface area contributed by atoms with Gasteiger partial charge in [0.1, 0.15) is 5.82 Å². The lowest BCUT2D eigenvalue weighted by atomic mass is 9.79. The van der Waals surface area contributed by atoms with Crippen LogP contribution in [0.25, 0.3) is 11.1 Å². The molecule has 2 aromatic rings. The number of nitrogens with two attached hydrogens (primary N) is 1. The first-order valence-electron chi connectivity index (χ1n) is 7.28. The molecular weight excluding hydrogens is 282 g/mol. The van der Waals surface area contributed by atoms with Gasteiger partial charge in [0.25, 0.3) is 0 Å². The molecule has 0 aliphatic carbocycles. The van der Waals surface area contributed by atoms with Crippen molar-refractivity contribution in [1.82, 2.24) is 9.78 Å². The standard InChI is InChI=1S/C17H24ClN3/c1-11(17(2,3)4)10-14-15(16(19)21(5)20-14)12-8-6-7-9-13(12)18/h6-9,11H,10,19H2,1-5H3. The molecule has 1 aromatic carbocycles. The Morgan fingerprint density at radius 3 is 2.48 bits per heavy atom. The number of hydrogen-bond donors (Lipinski definition) is 1. The number of hydrogen-bond acceptors (Lipinski definition) is 2. The molecule has 1 unspecified atom stereocenters. The highest BCUT2D eigenvalue weighted by Gasteiger charge is 2.25. The molecule has 0 spiro atoms. The van der Waals surface area contributed by atoms with Gasteiger partial charge in [-0.05, 0) is 23.8 Å². The quantitative estimate of drug-likeness (QED) is 0.904. The summed E-state index contributed by atoms with van der Waals surface area (Å²) >= 11 is 6.35. The van der Waals surface area contributed by atoms with E-state index in [0.29, 0.717) is 16.8 Å². The topological polar surface area (TPSA) is 43.8 Å². The van der Waals surface area contributed by atoms with E-state index < -0.39 is 0 Å². The van der Waals surface area contributed by atoms with Crippen LogP contribution in [-0.2, 0) is 13.5 Å². The summed E-state index contributed by atoms with van der Waals surface area (Å²) < 4.78 is 1.74. The Morgan fingerprint density at radius 1 is 1.29 bits per heavy atom. The number of anilines is 1. The maximum Gasteiger partial charge on any atom is 0.129 e. The fraction of sp³-hybridized carbons (Fsp3) is 0.471. The van der Waals surface area contributed by atoms with Crippen molar-refractivity contribution in [3.63, 3.8) is 0 Å². The van der Waals surface area contributed by atoms with Gasteiger partial charge in [-0.3, -0.25) is 4.68 Å². The number of aryl methyl sites for hydroxylation is 1. The van der Waals surface area contributed by atoms with Crippen LogP contribution in [0.1, 0.15) is 33.4 Å². The van der Waals surface area contributed by atoms with E-state index in [1.807, 2.05) is 31.3 Å². The zero-order chi connectivity index (χ0) is 15.8. The van der Waals surface area contributed by atoms with Gasteiger partial charge in [0, 0.05) is 23.2 Å². The number of nitrogens with zero attached hydrogens (tertiary/aromatic N) is 2. The van der Waals surface area contributed by atoms with Crippen LogP contribution in [0.4, 0.5) is 5.82 Å². The summed E-state index contributed by atoms with van der Waals surface area (Å²) in [5.74, 6) is 1.16. The number of halogens is 1. The summed E-state index contributed by atoms with van der Waals surface area (Å²) in [6.07, 6.45) is 0.884. The maximum absolute atomic E-state index is 6.35. The zero-order valence-corrected chi connectivity index (χ0v) is 14.2. The van der Waals surface area contributed by atoms with Crippen molar-refractivity contribution in [2.45, 2.75) is 34.1 Å². The number of rotatable bonds is 3. The molecule has 0 aliphatic rings. The van der Waals surface area contributed by atoms with Crippen molar-refractivity contribution in [2.75, 3.05) is 5.73 Å². The Labute approximate surface area is 132 Å². The van der Waals surface area contributed by atoms with E-state index in [0.717, 1.165) is 23.2 Å². The molecule has 1 heterocycles. The highest BCUT2D eigenvalue weighted by Crippen LogP contribution is 2.37. The third kappa shape index (κ3) is 3.24. The van der Waals surface area contributed by atoms with Crippen LogP contribution >= 0.6 is 11.6 Å². The first-order valence-corrected chi connectivity index (χ1v) is 7.66. The van der Waals surface area contributed by atoms with Crippen molar-refractivity contribution < 1.29 is 0 Å². The second-order valence-electron chi connectivity index (χ2n) is 6.78. The fourth-order valence-corrected chi connectivity index (χ4v) is 2.52. The Hall–Kier alpha value is -1.48. The van der Waals surface area contributed by atoms with Gasteiger partial charge in [-0.15, -0.1) is 0 Å². The van der Waals surface area contributed by atoms with E-state index in [1.54, 1.807) is 4.68 Å². The number of benzene rings is 1. The van der Waals surface area contributed by atoms with Crippen LogP contribution in [0.3, 0.4) is 0 Å². The highest BCUT2D eigenvalue weighted by molar-refractivity contribution is 6.33. The largest absolute Gasteiger partial charge is 0.383 e. The third-order valence-corrected chi connectivity index (χ3v) is 4.61. The molecule has 2 N–H and O–H groups in total. The average Bonchev–Trinajstić information content (AvgIpc) is 2.65. The lowest BCUT2D eigenvalue weighted by Gasteiger charge is -2.26. The Bertz CT molecular complexity index is 638. The molecule has 114 valence electrons. The van der Waals surface area contributed by atoms with Crippen molar-refractivity contribution in [3.8, 4) is 11.1 Å². The monoisotopic (exact) mass is 305 g/mol. The maximum atomic E-state index is 6.35. The van der Waals surface area contributed by atoms with Gasteiger partial charge in [-0.1, -0.05) is 57.5 Å². The Morgan fingerprint density at radius 2 is 1.90 bits per heavy atom. The molecule has 0 saturated heterocycles. The molecule has 0 aliphatic heterocycles. The molecule has 0 bridgehead atoms. The van der Waals surface area contributed by atoms with Gasteiger partial charge in [0.15, 0.2) is 0 Å². The van der Waals surface area contributed by atoms with Gasteiger partial charge in [-0.2, -0.15) is 5.10 Å². The predicted molar refractivity (Wildman–Crippen MR) is 90.4 cm³/mol. The van der Waals surface area contributed by atoms with E-state index in [4.69, 9.17) is 17.3 Å². The summed E-state index contributed by atoms with van der Waals surface area (Å²) in [6.45, 7) is 9.00. The number of aromatic nitrogens is 2. The molecule has 0 amide bonds. The molecule has 3 nitrogen and oxygen atoms in total. The summed E-state index contributed by atoms with van der Waals surface area (Å²) in [5.41, 5.74) is 9.41. The molecular formula is C17H24ClN3. The second kappa shape index (κ2) is 5.72. The highest BCUT2D eigenvalue weighted by atomic mass is 35.5. The summed E-state index contributed by atoms with van der Waals surface area (Å²) in [4.78, 5) is 0. The third-order valence-electron chi connectivity index (χ3n) is 4.29. The fourth-order valence-electron chi connectivity index (χ4n) is 2.29. The summed E-state index contributed by atoms with van der Waals surface area (Å²) in [7, 11) is 1.88. The van der Waals surface area contributed by atoms with Crippen LogP contribution < -0.4 is 5.73 Å². The van der Waals surface area contributed by atoms with Crippen LogP contribution in [0.15, 0.2) is 24.3 Å². The first-order chi connectivity index (χ1) is 9.71. The number of nitrogen functional groups attached to an aromatic ring is 1. The van der Waals surface area contributed by atoms with Gasteiger partial charge in [0.05, 0.1) is 5.69 Å². The average molecular weight is 306 g/mol. The first kappa shape index (κ1) is 15.9. The minimum atomic E-state index is 0.226. The van der Waals surface area contributed by atoms with Gasteiger partial charge < -0.3 is 5.73 Å². The molecule has 0 fully saturated rings. The smallest absolute Gasteiger partial charge is 0.129 e. The Balaban J connectivity index is 2.50. The normalized spacial score (nSPS) is 13.4.